The van der Waals surface area contributed by atoms with Gasteiger partial charge in [0.25, 0.3) is 20.2 Å². The molecular formula is C40H28N8O10S3. The van der Waals surface area contributed by atoms with Crippen molar-refractivity contribution in [2.75, 3.05) is 5.73 Å². The molecule has 0 bridgehead atoms. The quantitative estimate of drug-likeness (QED) is 0.0202. The lowest BCUT2D eigenvalue weighted by Crippen LogP contribution is -1.97. The van der Waals surface area contributed by atoms with Crippen LogP contribution in [0.4, 0.5) is 39.8 Å². The zero-order valence-corrected chi connectivity index (χ0v) is 33.6. The van der Waals surface area contributed by atoms with E-state index < -0.39 is 30.0 Å². The number of hydrogen-bond acceptors (Lipinski definition) is 17. The van der Waals surface area contributed by atoms with E-state index in [2.05, 4.69) is 45.0 Å². The highest BCUT2D eigenvalue weighted by atomic mass is 32.2. The summed E-state index contributed by atoms with van der Waals surface area (Å²) in [6.45, 7) is 1.78. The second-order valence-corrected chi connectivity index (χ2v) is 16.9. The molecule has 18 nitrogen and oxygen atoms in total. The van der Waals surface area contributed by atoms with Crippen LogP contribution in [0, 0.1) is 6.92 Å². The Bertz CT molecular complexity index is 3420. The van der Waals surface area contributed by atoms with Gasteiger partial charge in [0.05, 0.1) is 61.2 Å². The Hall–Kier alpha value is -6.82. The summed E-state index contributed by atoms with van der Waals surface area (Å²) in [7, 11) is -9.34. The lowest BCUT2D eigenvalue weighted by Gasteiger charge is -2.11. The SMILES string of the molecule is Cc1cc2cc(SOOO)c(N=Nc3ccc(N=Nc4ccc(N=Nc5cnc6ccccc6c5)c5ccc(S(=O)(=O)O)cc45)c4ccc(S(=O)(=O)O)cc34)c(O)c2cc1N. The van der Waals surface area contributed by atoms with Crippen molar-refractivity contribution in [2.45, 2.75) is 21.6 Å². The Morgan fingerprint density at radius 3 is 1.77 bits per heavy atom. The fourth-order valence-corrected chi connectivity index (χ4v) is 7.95. The predicted molar refractivity (Wildman–Crippen MR) is 227 cm³/mol. The number of para-hydroxylation sites is 1. The molecule has 61 heavy (non-hydrogen) atoms. The molecular weight excluding hydrogens is 849 g/mol. The molecule has 0 aliphatic carbocycles. The Labute approximate surface area is 349 Å². The van der Waals surface area contributed by atoms with Crippen LogP contribution in [0.1, 0.15) is 5.56 Å². The lowest BCUT2D eigenvalue weighted by atomic mass is 10.0. The van der Waals surface area contributed by atoms with Gasteiger partial charge in [-0.15, -0.1) is 35.0 Å². The number of pyridine rings is 1. The monoisotopic (exact) mass is 876 g/mol. The molecule has 0 aliphatic heterocycles. The first-order chi connectivity index (χ1) is 29.2. The number of aryl methyl sites for hydroxylation is 1. The van der Waals surface area contributed by atoms with Gasteiger partial charge in [-0.1, -0.05) is 35.4 Å². The van der Waals surface area contributed by atoms with Gasteiger partial charge in [-0.3, -0.25) is 14.1 Å². The molecule has 0 atom stereocenters. The highest BCUT2D eigenvalue weighted by Gasteiger charge is 2.19. The normalized spacial score (nSPS) is 12.7. The van der Waals surface area contributed by atoms with Gasteiger partial charge in [0.15, 0.2) is 5.75 Å². The maximum Gasteiger partial charge on any atom is 0.294 e. The summed E-state index contributed by atoms with van der Waals surface area (Å²) < 4.78 is 73.3. The summed E-state index contributed by atoms with van der Waals surface area (Å²) >= 11 is 0.525. The molecule has 0 unspecified atom stereocenters. The van der Waals surface area contributed by atoms with Crippen molar-refractivity contribution in [3.8, 4) is 5.75 Å². The minimum atomic E-state index is -4.70. The maximum atomic E-state index is 12.2. The van der Waals surface area contributed by atoms with Crippen molar-refractivity contribution < 1.29 is 45.7 Å². The summed E-state index contributed by atoms with van der Waals surface area (Å²) in [4.78, 5) is 3.69. The average Bonchev–Trinajstić information content (AvgIpc) is 3.24. The summed E-state index contributed by atoms with van der Waals surface area (Å²) in [5.41, 5.74) is 9.13. The number of azo groups is 3. The topological polar surface area (TPSA) is 281 Å². The minimum absolute atomic E-state index is 0.0669. The number of benzene rings is 7. The molecule has 1 heterocycles. The fourth-order valence-electron chi connectivity index (χ4n) is 6.44. The first-order valence-corrected chi connectivity index (χ1v) is 21.2. The van der Waals surface area contributed by atoms with Crippen molar-refractivity contribution in [1.29, 1.82) is 0 Å². The molecule has 7 aromatic carbocycles. The van der Waals surface area contributed by atoms with Gasteiger partial charge >= 0.3 is 0 Å². The van der Waals surface area contributed by atoms with Crippen LogP contribution in [-0.2, 0) is 29.6 Å². The van der Waals surface area contributed by atoms with E-state index in [0.29, 0.717) is 50.6 Å². The maximum absolute atomic E-state index is 12.2. The van der Waals surface area contributed by atoms with E-state index in [9.17, 15) is 31.0 Å². The molecule has 0 radical (unpaired) electrons. The number of phenols is 1. The fraction of sp³-hybridized carbons (Fsp3) is 0.0250. The van der Waals surface area contributed by atoms with Crippen molar-refractivity contribution in [2.24, 2.45) is 30.7 Å². The number of anilines is 1. The molecule has 6 N–H and O–H groups in total. The zero-order chi connectivity index (χ0) is 43.1. The predicted octanol–water partition coefficient (Wildman–Crippen LogP) is 11.5. The third kappa shape index (κ3) is 8.48. The molecule has 306 valence electrons. The first-order valence-electron chi connectivity index (χ1n) is 17.6. The second kappa shape index (κ2) is 16.3. The average molecular weight is 877 g/mol. The highest BCUT2D eigenvalue weighted by Crippen LogP contribution is 2.46. The van der Waals surface area contributed by atoms with Crippen LogP contribution in [0.3, 0.4) is 0 Å². The van der Waals surface area contributed by atoms with Gasteiger partial charge in [0.1, 0.15) is 11.4 Å². The van der Waals surface area contributed by atoms with Crippen LogP contribution < -0.4 is 5.73 Å². The molecule has 0 spiro atoms. The van der Waals surface area contributed by atoms with Crippen LogP contribution in [-0.4, -0.2) is 41.3 Å². The second-order valence-electron chi connectivity index (χ2n) is 13.3. The van der Waals surface area contributed by atoms with Crippen molar-refractivity contribution in [3.05, 3.63) is 121 Å². The lowest BCUT2D eigenvalue weighted by molar-refractivity contribution is -0.432. The van der Waals surface area contributed by atoms with E-state index in [1.165, 1.54) is 42.5 Å². The number of nitrogens with two attached hydrogens (primary N) is 1. The number of nitrogens with zero attached hydrogens (tertiary/aromatic N) is 7. The van der Waals surface area contributed by atoms with Crippen LogP contribution in [0.2, 0.25) is 0 Å². The Morgan fingerprint density at radius 2 is 1.18 bits per heavy atom. The highest BCUT2D eigenvalue weighted by molar-refractivity contribution is 7.94. The van der Waals surface area contributed by atoms with Gasteiger partial charge in [0.2, 0.25) is 0 Å². The third-order valence-corrected chi connectivity index (χ3v) is 11.8. The molecule has 0 saturated heterocycles. The standard InChI is InChI=1S/C40H28N8O10S3/c1-21-14-23-16-38(59-58-57-50)39(40(49)29(23)19-32(21)41)48-47-37-13-11-35(28-9-7-26(18-31(28)37)61(54,55)56)45-46-36-12-10-34(27-8-6-25(17-30(27)36)60(51,52)53)44-43-24-15-22-4-2-3-5-33(22)42-20-24/h2-20,49-50H,41H2,1H3,(H,51,52,53)(H,54,55,56). The molecule has 1 aromatic heterocycles. The summed E-state index contributed by atoms with van der Waals surface area (Å²) in [5, 5.41) is 52.9. The number of fused-ring (bicyclic) bond motifs is 4. The third-order valence-electron chi connectivity index (χ3n) is 9.44. The first kappa shape index (κ1) is 40.9. The number of rotatable bonds is 11. The summed E-state index contributed by atoms with van der Waals surface area (Å²) in [5.74, 6) is -0.340. The minimum Gasteiger partial charge on any atom is -0.505 e. The largest absolute Gasteiger partial charge is 0.505 e. The van der Waals surface area contributed by atoms with Crippen LogP contribution in [0.25, 0.3) is 43.2 Å². The van der Waals surface area contributed by atoms with E-state index in [1.807, 2.05) is 30.3 Å². The van der Waals surface area contributed by atoms with E-state index >= 15 is 0 Å². The Kier molecular flexibility index (Phi) is 11.0. The molecule has 0 amide bonds. The Balaban J connectivity index is 1.22. The number of nitrogen functional groups attached to an aromatic ring is 1. The molecule has 8 rings (SSSR count). The van der Waals surface area contributed by atoms with Crippen molar-refractivity contribution in [3.63, 3.8) is 0 Å². The number of aromatic nitrogens is 1. The molecule has 8 aromatic rings. The molecule has 0 fully saturated rings. The van der Waals surface area contributed by atoms with Crippen LogP contribution in [0.15, 0.2) is 161 Å². The van der Waals surface area contributed by atoms with Gasteiger partial charge in [-0.2, -0.15) is 16.8 Å². The molecule has 0 aliphatic rings. The van der Waals surface area contributed by atoms with E-state index in [1.54, 1.807) is 37.4 Å². The molecule has 21 heteroatoms. The van der Waals surface area contributed by atoms with Crippen molar-refractivity contribution in [1.82, 2.24) is 4.98 Å². The van der Waals surface area contributed by atoms with Crippen LogP contribution >= 0.6 is 12.0 Å². The van der Waals surface area contributed by atoms with Gasteiger partial charge in [0, 0.05) is 38.0 Å². The van der Waals surface area contributed by atoms with Crippen molar-refractivity contribution >= 4 is 115 Å². The van der Waals surface area contributed by atoms with Crippen LogP contribution in [0.5, 0.6) is 5.75 Å². The molecule has 0 saturated carbocycles. The summed E-state index contributed by atoms with van der Waals surface area (Å²) in [6, 6.07) is 27.8. The van der Waals surface area contributed by atoms with Gasteiger partial charge in [-0.05, 0) is 96.7 Å². The smallest absolute Gasteiger partial charge is 0.294 e. The number of aromatic hydroxyl groups is 1. The van der Waals surface area contributed by atoms with Gasteiger partial charge in [-0.25, -0.2) is 5.26 Å². The number of hydrogen-bond donors (Lipinski definition) is 5. The number of phenolic OH excluding ortho intramolecular Hbond substituents is 1. The van der Waals surface area contributed by atoms with E-state index in [0.717, 1.165) is 28.6 Å². The zero-order valence-electron chi connectivity index (χ0n) is 31.1. The van der Waals surface area contributed by atoms with Gasteiger partial charge < -0.3 is 10.8 Å². The van der Waals surface area contributed by atoms with E-state index in [-0.39, 0.29) is 44.2 Å². The Morgan fingerprint density at radius 1 is 0.623 bits per heavy atom. The summed E-state index contributed by atoms with van der Waals surface area (Å²) in [6.07, 6.45) is 1.56. The van der Waals surface area contributed by atoms with E-state index in [4.69, 9.17) is 11.0 Å².